The van der Waals surface area contributed by atoms with Crippen LogP contribution in [0.5, 0.6) is 0 Å². The lowest BCUT2D eigenvalue weighted by molar-refractivity contribution is -0.114. The minimum absolute atomic E-state index is 0. The van der Waals surface area contributed by atoms with E-state index < -0.39 is 21.7 Å². The Kier molecular flexibility index (Phi) is 6.30. The first kappa shape index (κ1) is 18.8. The molecule has 1 amide bonds. The Bertz CT molecular complexity index is 650. The number of anilines is 1. The Morgan fingerprint density at radius 2 is 2.09 bits per heavy atom. The molecule has 0 radical (unpaired) electrons. The number of carbonyl (C=O) groups excluding carboxylic acids is 1. The average Bonchev–Trinajstić information content (AvgIpc) is 3.22. The lowest BCUT2D eigenvalue weighted by atomic mass is 10.2. The van der Waals surface area contributed by atoms with E-state index in [4.69, 9.17) is 5.73 Å². The zero-order chi connectivity index (χ0) is 15.6. The number of carbonyl (C=O) groups is 1. The summed E-state index contributed by atoms with van der Waals surface area (Å²) in [5.41, 5.74) is 5.41. The van der Waals surface area contributed by atoms with Gasteiger partial charge in [0.2, 0.25) is 15.9 Å². The molecule has 22 heavy (non-hydrogen) atoms. The molecule has 0 aliphatic heterocycles. The Morgan fingerprint density at radius 1 is 1.45 bits per heavy atom. The van der Waals surface area contributed by atoms with E-state index in [0.717, 1.165) is 31.0 Å². The second-order valence-corrected chi connectivity index (χ2v) is 6.84. The summed E-state index contributed by atoms with van der Waals surface area (Å²) in [6.45, 7) is 1.43. The van der Waals surface area contributed by atoms with Crippen LogP contribution < -0.4 is 15.8 Å². The molecule has 1 fully saturated rings. The second-order valence-electron chi connectivity index (χ2n) is 5.12. The van der Waals surface area contributed by atoms with E-state index in [1.165, 1.54) is 6.92 Å². The van der Waals surface area contributed by atoms with Gasteiger partial charge in [-0.05, 0) is 37.0 Å². The van der Waals surface area contributed by atoms with Gasteiger partial charge in [-0.25, -0.2) is 17.5 Å². The summed E-state index contributed by atoms with van der Waals surface area (Å²) in [7, 11) is -3.80. The van der Waals surface area contributed by atoms with Gasteiger partial charge < -0.3 is 11.1 Å². The van der Waals surface area contributed by atoms with Crippen LogP contribution >= 0.6 is 12.4 Å². The van der Waals surface area contributed by atoms with Crippen LogP contribution in [0.25, 0.3) is 0 Å². The van der Waals surface area contributed by atoms with Crippen molar-refractivity contribution in [2.75, 3.05) is 11.9 Å². The third-order valence-electron chi connectivity index (χ3n) is 3.31. The predicted molar refractivity (Wildman–Crippen MR) is 83.8 cm³/mol. The van der Waals surface area contributed by atoms with Gasteiger partial charge in [-0.15, -0.1) is 12.4 Å². The Balaban J connectivity index is 0.00000242. The van der Waals surface area contributed by atoms with Crippen molar-refractivity contribution in [3.05, 3.63) is 24.0 Å². The molecule has 0 bridgehead atoms. The number of rotatable bonds is 6. The van der Waals surface area contributed by atoms with Crippen LogP contribution in [-0.4, -0.2) is 26.9 Å². The first-order valence-electron chi connectivity index (χ1n) is 6.63. The van der Waals surface area contributed by atoms with Crippen molar-refractivity contribution in [3.63, 3.8) is 0 Å². The van der Waals surface area contributed by atoms with Crippen molar-refractivity contribution in [2.45, 2.75) is 30.7 Å². The molecule has 1 aliphatic rings. The number of amides is 1. The minimum atomic E-state index is -3.80. The van der Waals surface area contributed by atoms with Crippen LogP contribution in [0.15, 0.2) is 23.1 Å². The summed E-state index contributed by atoms with van der Waals surface area (Å²) in [5, 5.41) is 2.26. The second kappa shape index (κ2) is 7.36. The Hall–Kier alpha value is -1.22. The van der Waals surface area contributed by atoms with Gasteiger partial charge in [-0.1, -0.05) is 0 Å². The smallest absolute Gasteiger partial charge is 0.240 e. The monoisotopic (exact) mass is 351 g/mol. The molecule has 1 aliphatic carbocycles. The van der Waals surface area contributed by atoms with E-state index in [1.807, 2.05) is 0 Å². The zero-order valence-electron chi connectivity index (χ0n) is 12.0. The summed E-state index contributed by atoms with van der Waals surface area (Å²) in [6, 6.07) is 2.95. The van der Waals surface area contributed by atoms with Crippen LogP contribution in [0.2, 0.25) is 0 Å². The summed E-state index contributed by atoms with van der Waals surface area (Å²) in [4.78, 5) is 10.9. The van der Waals surface area contributed by atoms with Crippen molar-refractivity contribution < 1.29 is 17.6 Å². The van der Waals surface area contributed by atoms with E-state index >= 15 is 0 Å². The van der Waals surface area contributed by atoms with Gasteiger partial charge >= 0.3 is 0 Å². The molecule has 1 aromatic rings. The van der Waals surface area contributed by atoms with Gasteiger partial charge in [0.25, 0.3) is 0 Å². The summed E-state index contributed by atoms with van der Waals surface area (Å²) in [5.74, 6) is -0.907. The van der Waals surface area contributed by atoms with Gasteiger partial charge in [0.15, 0.2) is 0 Å². The van der Waals surface area contributed by atoms with E-state index in [9.17, 15) is 17.6 Å². The van der Waals surface area contributed by atoms with Crippen LogP contribution in [-0.2, 0) is 14.8 Å². The SMILES string of the molecule is CC(=O)Nc1cc(S(=O)(=O)NC(CN)C2CC2)ccc1F.Cl. The molecular weight excluding hydrogens is 333 g/mol. The van der Waals surface area contributed by atoms with Gasteiger partial charge in [0.05, 0.1) is 10.6 Å². The molecule has 0 heterocycles. The van der Waals surface area contributed by atoms with Gasteiger partial charge in [0.1, 0.15) is 5.82 Å². The lowest BCUT2D eigenvalue weighted by Crippen LogP contribution is -2.41. The van der Waals surface area contributed by atoms with E-state index in [2.05, 4.69) is 10.0 Å². The first-order valence-corrected chi connectivity index (χ1v) is 8.11. The minimum Gasteiger partial charge on any atom is -0.329 e. The van der Waals surface area contributed by atoms with Crippen molar-refractivity contribution in [1.29, 1.82) is 0 Å². The molecule has 0 aromatic heterocycles. The Morgan fingerprint density at radius 3 is 2.59 bits per heavy atom. The number of benzene rings is 1. The number of hydrogen-bond acceptors (Lipinski definition) is 4. The van der Waals surface area contributed by atoms with Gasteiger partial charge in [-0.3, -0.25) is 4.79 Å². The molecule has 1 saturated carbocycles. The van der Waals surface area contributed by atoms with E-state index in [-0.39, 0.29) is 41.5 Å². The molecule has 2 rings (SSSR count). The Labute approximate surface area is 135 Å². The number of nitrogens with two attached hydrogens (primary N) is 1. The number of halogens is 2. The van der Waals surface area contributed by atoms with Crippen molar-refractivity contribution in [2.24, 2.45) is 11.7 Å². The normalized spacial score (nSPS) is 15.8. The van der Waals surface area contributed by atoms with Crippen LogP contribution in [0.4, 0.5) is 10.1 Å². The van der Waals surface area contributed by atoms with E-state index in [1.54, 1.807) is 0 Å². The maximum atomic E-state index is 13.5. The highest BCUT2D eigenvalue weighted by Gasteiger charge is 2.33. The van der Waals surface area contributed by atoms with Crippen LogP contribution in [0.3, 0.4) is 0 Å². The standard InChI is InChI=1S/C13H18FN3O3S.ClH/c1-8(18)16-12-6-10(4-5-11(12)14)21(19,20)17-13(7-15)9-2-3-9;/h4-6,9,13,17H,2-3,7,15H2,1H3,(H,16,18);1H. The fourth-order valence-corrected chi connectivity index (χ4v) is 3.40. The van der Waals surface area contributed by atoms with Crippen molar-refractivity contribution >= 4 is 34.0 Å². The third kappa shape index (κ3) is 4.64. The maximum Gasteiger partial charge on any atom is 0.240 e. The summed E-state index contributed by atoms with van der Waals surface area (Å²) < 4.78 is 40.6. The van der Waals surface area contributed by atoms with Crippen molar-refractivity contribution in [1.82, 2.24) is 4.72 Å². The molecule has 0 spiro atoms. The van der Waals surface area contributed by atoms with Crippen molar-refractivity contribution in [3.8, 4) is 0 Å². The number of nitrogens with one attached hydrogen (secondary N) is 2. The average molecular weight is 352 g/mol. The zero-order valence-corrected chi connectivity index (χ0v) is 13.6. The molecular formula is C13H19ClFN3O3S. The molecule has 9 heteroatoms. The van der Waals surface area contributed by atoms with E-state index in [0.29, 0.717) is 0 Å². The first-order chi connectivity index (χ1) is 9.83. The molecule has 4 N–H and O–H groups in total. The molecule has 1 aromatic carbocycles. The highest BCUT2D eigenvalue weighted by Crippen LogP contribution is 2.33. The maximum absolute atomic E-state index is 13.5. The third-order valence-corrected chi connectivity index (χ3v) is 4.80. The molecule has 1 atom stereocenters. The highest BCUT2D eigenvalue weighted by atomic mass is 35.5. The number of hydrogen-bond donors (Lipinski definition) is 3. The molecule has 0 saturated heterocycles. The number of sulfonamides is 1. The topological polar surface area (TPSA) is 101 Å². The molecule has 1 unspecified atom stereocenters. The molecule has 6 nitrogen and oxygen atoms in total. The quantitative estimate of drug-likeness (QED) is 0.717. The highest BCUT2D eigenvalue weighted by molar-refractivity contribution is 7.89. The predicted octanol–water partition coefficient (Wildman–Crippen LogP) is 1.22. The lowest BCUT2D eigenvalue weighted by Gasteiger charge is -2.16. The van der Waals surface area contributed by atoms with Gasteiger partial charge in [-0.2, -0.15) is 0 Å². The van der Waals surface area contributed by atoms with Crippen LogP contribution in [0, 0.1) is 11.7 Å². The fourth-order valence-electron chi connectivity index (χ4n) is 2.06. The fraction of sp³-hybridized carbons (Fsp3) is 0.462. The van der Waals surface area contributed by atoms with Crippen LogP contribution in [0.1, 0.15) is 19.8 Å². The largest absolute Gasteiger partial charge is 0.329 e. The molecule has 124 valence electrons. The summed E-state index contributed by atoms with van der Waals surface area (Å²) >= 11 is 0. The van der Waals surface area contributed by atoms with Gasteiger partial charge in [0, 0.05) is 19.5 Å². The summed E-state index contributed by atoms with van der Waals surface area (Å²) in [6.07, 6.45) is 1.90.